The van der Waals surface area contributed by atoms with Gasteiger partial charge in [-0.05, 0) is 37.8 Å². The topological polar surface area (TPSA) is 135 Å². The lowest BCUT2D eigenvalue weighted by atomic mass is 10.0. The van der Waals surface area contributed by atoms with Crippen LogP contribution in [0.1, 0.15) is 47.6 Å². The zero-order chi connectivity index (χ0) is 24.1. The molecule has 11 heteroatoms. The summed E-state index contributed by atoms with van der Waals surface area (Å²) in [5.41, 5.74) is 20.5. The minimum absolute atomic E-state index is 0.0412. The van der Waals surface area contributed by atoms with Gasteiger partial charge in [-0.1, -0.05) is 17.8 Å². The Labute approximate surface area is 199 Å². The number of fused-ring (bicyclic) bond motifs is 1. The average Bonchev–Trinajstić information content (AvgIpc) is 3.33. The molecule has 0 spiro atoms. The van der Waals surface area contributed by atoms with Crippen molar-refractivity contribution in [1.82, 2.24) is 4.98 Å². The highest BCUT2D eigenvalue weighted by molar-refractivity contribution is 8.03. The molecule has 2 aliphatic heterocycles. The third-order valence-electron chi connectivity index (χ3n) is 6.61. The Morgan fingerprint density at radius 3 is 2.65 bits per heavy atom. The number of nitrogens with two attached hydrogens (primary N) is 3. The van der Waals surface area contributed by atoms with E-state index in [0.29, 0.717) is 37.3 Å². The second-order valence-electron chi connectivity index (χ2n) is 8.81. The van der Waals surface area contributed by atoms with Gasteiger partial charge in [0.15, 0.2) is 0 Å². The number of nitrogens with zero attached hydrogens (tertiary/aromatic N) is 3. The minimum atomic E-state index is -1.01. The molecule has 3 heterocycles. The summed E-state index contributed by atoms with van der Waals surface area (Å²) in [6.07, 6.45) is 3.65. The van der Waals surface area contributed by atoms with Crippen LogP contribution >= 0.6 is 11.8 Å². The number of piperidine rings is 1. The Balaban J connectivity index is 1.73. The number of anilines is 2. The van der Waals surface area contributed by atoms with E-state index in [9.17, 15) is 18.7 Å². The Hall–Kier alpha value is -2.89. The SMILES string of the molecule is NC(=O)C1=C(N)SC(c2c(F)cccc2F)N1c1cnc2c(c1N1CCC[C@H](N)C1)CCC2O. The fraction of sp³-hybridized carbons (Fsp3) is 0.391. The Kier molecular flexibility index (Phi) is 5.86. The smallest absolute Gasteiger partial charge is 0.268 e. The molecule has 1 amide bonds. The fourth-order valence-corrected chi connectivity index (χ4v) is 6.34. The van der Waals surface area contributed by atoms with Crippen molar-refractivity contribution in [3.05, 3.63) is 63.6 Å². The monoisotopic (exact) mass is 488 g/mol. The molecule has 8 nitrogen and oxygen atoms in total. The van der Waals surface area contributed by atoms with Crippen LogP contribution in [0.15, 0.2) is 35.1 Å². The second kappa shape index (κ2) is 8.71. The maximum absolute atomic E-state index is 14.9. The van der Waals surface area contributed by atoms with E-state index in [1.807, 2.05) is 0 Å². The van der Waals surface area contributed by atoms with Gasteiger partial charge in [0.25, 0.3) is 5.91 Å². The molecule has 1 aromatic heterocycles. The van der Waals surface area contributed by atoms with E-state index in [1.165, 1.54) is 17.2 Å². The molecule has 1 aliphatic carbocycles. The van der Waals surface area contributed by atoms with Crippen molar-refractivity contribution in [1.29, 1.82) is 0 Å². The van der Waals surface area contributed by atoms with Crippen LogP contribution in [-0.4, -0.2) is 35.1 Å². The van der Waals surface area contributed by atoms with E-state index >= 15 is 0 Å². The van der Waals surface area contributed by atoms with Gasteiger partial charge in [0.2, 0.25) is 0 Å². The predicted octanol–water partition coefficient (Wildman–Crippen LogP) is 2.13. The summed E-state index contributed by atoms with van der Waals surface area (Å²) in [6, 6.07) is 3.55. The quantitative estimate of drug-likeness (QED) is 0.514. The number of hydrogen-bond acceptors (Lipinski definition) is 8. The summed E-state index contributed by atoms with van der Waals surface area (Å²) in [6.45, 7) is 1.27. The number of amides is 1. The highest BCUT2D eigenvalue weighted by Crippen LogP contribution is 2.53. The van der Waals surface area contributed by atoms with Gasteiger partial charge >= 0.3 is 0 Å². The number of pyridine rings is 1. The molecule has 3 aliphatic rings. The van der Waals surface area contributed by atoms with Crippen molar-refractivity contribution in [2.75, 3.05) is 22.9 Å². The third kappa shape index (κ3) is 3.68. The number of carbonyl (C=O) groups is 1. The molecule has 1 saturated heterocycles. The van der Waals surface area contributed by atoms with E-state index in [1.54, 1.807) is 0 Å². The molecule has 2 aromatic rings. The van der Waals surface area contributed by atoms with Gasteiger partial charge in [-0.2, -0.15) is 0 Å². The summed E-state index contributed by atoms with van der Waals surface area (Å²) in [5.74, 6) is -2.33. The van der Waals surface area contributed by atoms with Gasteiger partial charge in [-0.15, -0.1) is 0 Å². The minimum Gasteiger partial charge on any atom is -0.392 e. The molecular formula is C23H26F2N6O2S. The van der Waals surface area contributed by atoms with Crippen molar-refractivity contribution >= 4 is 29.0 Å². The maximum Gasteiger partial charge on any atom is 0.268 e. The van der Waals surface area contributed by atoms with Crippen LogP contribution in [0.4, 0.5) is 20.2 Å². The van der Waals surface area contributed by atoms with Crippen LogP contribution < -0.4 is 27.0 Å². The molecule has 180 valence electrons. The van der Waals surface area contributed by atoms with Crippen molar-refractivity contribution in [2.24, 2.45) is 17.2 Å². The van der Waals surface area contributed by atoms with Crippen LogP contribution in [0.3, 0.4) is 0 Å². The first kappa shape index (κ1) is 22.9. The lowest BCUT2D eigenvalue weighted by Crippen LogP contribution is -2.44. The van der Waals surface area contributed by atoms with E-state index in [4.69, 9.17) is 17.2 Å². The average molecular weight is 489 g/mol. The lowest BCUT2D eigenvalue weighted by molar-refractivity contribution is -0.114. The number of thioether (sulfide) groups is 1. The van der Waals surface area contributed by atoms with Crippen molar-refractivity contribution in [2.45, 2.75) is 43.2 Å². The number of aromatic nitrogens is 1. The third-order valence-corrected chi connectivity index (χ3v) is 7.73. The van der Waals surface area contributed by atoms with Crippen molar-refractivity contribution in [3.8, 4) is 0 Å². The van der Waals surface area contributed by atoms with Gasteiger partial charge < -0.3 is 32.1 Å². The summed E-state index contributed by atoms with van der Waals surface area (Å²) < 4.78 is 29.8. The molecule has 0 bridgehead atoms. The van der Waals surface area contributed by atoms with E-state index < -0.39 is 29.0 Å². The van der Waals surface area contributed by atoms with Gasteiger partial charge in [0.1, 0.15) is 22.7 Å². The lowest BCUT2D eigenvalue weighted by Gasteiger charge is -2.38. The molecule has 7 N–H and O–H groups in total. The van der Waals surface area contributed by atoms with Crippen LogP contribution in [0.5, 0.6) is 0 Å². The first-order valence-electron chi connectivity index (χ1n) is 11.2. The number of rotatable bonds is 4. The van der Waals surface area contributed by atoms with Crippen molar-refractivity contribution < 1.29 is 18.7 Å². The number of benzene rings is 1. The molecule has 34 heavy (non-hydrogen) atoms. The van der Waals surface area contributed by atoms with Gasteiger partial charge in [0.05, 0.1) is 40.0 Å². The summed E-state index contributed by atoms with van der Waals surface area (Å²) >= 11 is 0.958. The van der Waals surface area contributed by atoms with Crippen LogP contribution in [0.25, 0.3) is 0 Å². The molecular weight excluding hydrogens is 462 g/mol. The Morgan fingerprint density at radius 2 is 1.97 bits per heavy atom. The Bertz CT molecular complexity index is 1170. The molecule has 0 saturated carbocycles. The van der Waals surface area contributed by atoms with Crippen LogP contribution in [0.2, 0.25) is 0 Å². The summed E-state index contributed by atoms with van der Waals surface area (Å²) in [4.78, 5) is 20.6. The number of carbonyl (C=O) groups excluding carboxylic acids is 1. The second-order valence-corrected chi connectivity index (χ2v) is 9.93. The molecule has 0 radical (unpaired) electrons. The Morgan fingerprint density at radius 1 is 1.24 bits per heavy atom. The molecule has 1 fully saturated rings. The number of aliphatic hydroxyl groups excluding tert-OH is 1. The first-order valence-corrected chi connectivity index (χ1v) is 12.1. The highest BCUT2D eigenvalue weighted by atomic mass is 32.2. The molecule has 1 aromatic carbocycles. The normalized spacial score (nSPS) is 24.6. The van der Waals surface area contributed by atoms with Crippen LogP contribution in [-0.2, 0) is 11.2 Å². The maximum atomic E-state index is 14.9. The zero-order valence-electron chi connectivity index (χ0n) is 18.4. The zero-order valence-corrected chi connectivity index (χ0v) is 19.2. The summed E-state index contributed by atoms with van der Waals surface area (Å²) in [5, 5.41) is 9.54. The van der Waals surface area contributed by atoms with E-state index in [-0.39, 0.29) is 22.3 Å². The largest absolute Gasteiger partial charge is 0.392 e. The number of hydrogen-bond donors (Lipinski definition) is 4. The fourth-order valence-electron chi connectivity index (χ4n) is 5.13. The predicted molar refractivity (Wildman–Crippen MR) is 127 cm³/mol. The van der Waals surface area contributed by atoms with Crippen LogP contribution in [0, 0.1) is 11.6 Å². The number of aliphatic hydroxyl groups is 1. The van der Waals surface area contributed by atoms with Gasteiger partial charge in [-0.3, -0.25) is 9.78 Å². The highest BCUT2D eigenvalue weighted by Gasteiger charge is 2.42. The molecule has 3 atom stereocenters. The standard InChI is InChI=1S/C23H26F2N6O2S/c24-13-4-1-5-14(25)17(13)23-31(20(21(27)33)22(28)34-23)15-9-29-18-12(6-7-16(18)32)19(15)30-8-2-3-11(26)10-30/h1,4-5,9,11,16,23,32H,2-3,6-8,10,26,28H2,(H2,27,33)/t11-,16?,23?/m0/s1. The van der Waals surface area contributed by atoms with Gasteiger partial charge in [-0.25, -0.2) is 8.78 Å². The van der Waals surface area contributed by atoms with Gasteiger partial charge in [0, 0.05) is 24.7 Å². The molecule has 5 rings (SSSR count). The summed E-state index contributed by atoms with van der Waals surface area (Å²) in [7, 11) is 0. The van der Waals surface area contributed by atoms with Crippen molar-refractivity contribution in [3.63, 3.8) is 0 Å². The number of halogens is 2. The number of primary amides is 1. The van der Waals surface area contributed by atoms with E-state index in [2.05, 4.69) is 9.88 Å². The van der Waals surface area contributed by atoms with E-state index in [0.717, 1.165) is 48.0 Å². The first-order chi connectivity index (χ1) is 16.3. The molecule has 2 unspecified atom stereocenters.